The first kappa shape index (κ1) is 102. The number of hydrogen-bond acceptors (Lipinski definition) is 22. The van der Waals surface area contributed by atoms with Crippen LogP contribution in [0.4, 0.5) is 9.59 Å². The Bertz CT molecular complexity index is 3610. The van der Waals surface area contributed by atoms with Crippen LogP contribution in [0.15, 0.2) is 60.7 Å². The molecule has 22 N–H and O–H groups in total. The van der Waals surface area contributed by atoms with Gasteiger partial charge in [-0.3, -0.25) is 58.1 Å². The summed E-state index contributed by atoms with van der Waals surface area (Å²) < 4.78 is 16.6. The van der Waals surface area contributed by atoms with Crippen LogP contribution in [0.2, 0.25) is 25.7 Å². The van der Waals surface area contributed by atoms with E-state index in [1.807, 2.05) is 45.7 Å². The van der Waals surface area contributed by atoms with Crippen LogP contribution < -0.4 is 80.6 Å². The maximum Gasteiger partial charge on any atom is 0.408 e. The number of hydrogen-bond donors (Lipinski definition) is 20. The molecule has 0 radical (unpaired) electrons. The van der Waals surface area contributed by atoms with Gasteiger partial charge in [0.2, 0.25) is 65.0 Å². The summed E-state index contributed by atoms with van der Waals surface area (Å²) in [6, 6.07) is -1.70. The van der Waals surface area contributed by atoms with Crippen LogP contribution in [0, 0.1) is 34.0 Å². The number of nitrogens with one attached hydrogen (secondary N) is 14. The molecule has 652 valence electrons. The SMILES string of the molecule is CC[C@H](C)C(NC(=O)[C@@H](CCCNC(=N)N)NC(=O)[C@H](CC(C)C)NC(=O)[C@@H](NC(=O)OC(C)(C)C)[C@H](O)C(C)C)C(=O)N[C@H](C(=O)NCC(=O)N[C@H](C(=O)N[C@@H](CO)C(=O)N[C@H](c1ccccc1)[C@H](NC(=O)[C@H](CC(C)(C)C)NC(=O)[C@@H](CC(C)(C)C)NC(=O)OCc1ccccc1)C(=O)OCC[Si](C)(C)C)[C@H](O)C(N)=O)[C@H](C)O. The molecule has 0 spiro atoms. The smallest absolute Gasteiger partial charge is 0.408 e. The van der Waals surface area contributed by atoms with Gasteiger partial charge in [0.15, 0.2) is 18.1 Å². The molecule has 0 saturated carbocycles. The van der Waals surface area contributed by atoms with Gasteiger partial charge < -0.3 is 115 Å². The Morgan fingerprint density at radius 3 is 1.51 bits per heavy atom. The fourth-order valence-corrected chi connectivity index (χ4v) is 12.1. The number of guanidine groups is 1. The van der Waals surface area contributed by atoms with Crippen LogP contribution in [0.5, 0.6) is 0 Å². The fourth-order valence-electron chi connectivity index (χ4n) is 11.3. The average molecular weight is 1660 g/mol. The molecule has 0 heterocycles. The van der Waals surface area contributed by atoms with Crippen LogP contribution in [0.3, 0.4) is 0 Å². The number of benzene rings is 2. The summed E-state index contributed by atoms with van der Waals surface area (Å²) in [6.45, 7) is 30.1. The molecule has 0 saturated heterocycles. The topological polar surface area (TPSA) is 580 Å². The van der Waals surface area contributed by atoms with Gasteiger partial charge in [0, 0.05) is 14.6 Å². The van der Waals surface area contributed by atoms with Crippen LogP contribution in [0.25, 0.3) is 0 Å². The zero-order chi connectivity index (χ0) is 88.5. The van der Waals surface area contributed by atoms with Crippen molar-refractivity contribution in [2.45, 2.75) is 272 Å². The molecule has 2 aromatic rings. The lowest BCUT2D eigenvalue weighted by molar-refractivity contribution is -0.149. The molecule has 0 fully saturated rings. The Labute approximate surface area is 680 Å². The van der Waals surface area contributed by atoms with Crippen molar-refractivity contribution in [2.75, 3.05) is 26.3 Å². The van der Waals surface area contributed by atoms with E-state index in [4.69, 9.17) is 31.1 Å². The quantitative estimate of drug-likeness (QED) is 0.0106. The van der Waals surface area contributed by atoms with E-state index in [0.29, 0.717) is 11.6 Å². The number of esters is 1. The third-order valence-electron chi connectivity index (χ3n) is 17.8. The van der Waals surface area contributed by atoms with Crippen LogP contribution >= 0.6 is 0 Å². The number of carbonyl (C=O) groups excluding carboxylic acids is 14. The van der Waals surface area contributed by atoms with Gasteiger partial charge in [0.1, 0.15) is 66.6 Å². The minimum absolute atomic E-state index is 0.0234. The van der Waals surface area contributed by atoms with Gasteiger partial charge in [0.25, 0.3) is 0 Å². The summed E-state index contributed by atoms with van der Waals surface area (Å²) in [5, 5.41) is 83.6. The van der Waals surface area contributed by atoms with E-state index in [-0.39, 0.29) is 69.8 Å². The fraction of sp³-hybridized carbons (Fsp3) is 0.654. The summed E-state index contributed by atoms with van der Waals surface area (Å²) in [4.78, 5) is 197. The number of rotatable bonds is 46. The lowest BCUT2D eigenvalue weighted by Crippen LogP contribution is -2.63. The van der Waals surface area contributed by atoms with E-state index in [1.54, 1.807) is 119 Å². The minimum atomic E-state index is -2.59. The number of ether oxygens (including phenoxy) is 3. The highest BCUT2D eigenvalue weighted by molar-refractivity contribution is 6.76. The predicted octanol–water partition coefficient (Wildman–Crippen LogP) is 0.372. The molecule has 2 rings (SSSR count). The van der Waals surface area contributed by atoms with Crippen molar-refractivity contribution in [2.24, 2.45) is 40.1 Å². The van der Waals surface area contributed by atoms with E-state index < -0.39 is 223 Å². The van der Waals surface area contributed by atoms with Gasteiger partial charge in [-0.2, -0.15) is 0 Å². The van der Waals surface area contributed by atoms with E-state index in [1.165, 1.54) is 24.3 Å². The van der Waals surface area contributed by atoms with Crippen LogP contribution in [-0.4, -0.2) is 228 Å². The summed E-state index contributed by atoms with van der Waals surface area (Å²) >= 11 is 0. The lowest BCUT2D eigenvalue weighted by atomic mass is 9.86. The van der Waals surface area contributed by atoms with E-state index in [9.17, 15) is 87.5 Å². The van der Waals surface area contributed by atoms with Crippen LogP contribution in [0.1, 0.15) is 166 Å². The number of aliphatic hydroxyl groups is 4. The van der Waals surface area contributed by atoms with Crippen molar-refractivity contribution in [3.8, 4) is 0 Å². The van der Waals surface area contributed by atoms with Crippen molar-refractivity contribution in [1.29, 1.82) is 5.41 Å². The van der Waals surface area contributed by atoms with Crippen LogP contribution in [-0.2, 0) is 78.4 Å². The number of carbonyl (C=O) groups is 14. The predicted molar refractivity (Wildman–Crippen MR) is 433 cm³/mol. The average Bonchev–Trinajstić information content (AvgIpc) is 0.823. The van der Waals surface area contributed by atoms with Gasteiger partial charge in [-0.15, -0.1) is 0 Å². The number of aliphatic hydroxyl groups excluding tert-OH is 4. The second-order valence-corrected chi connectivity index (χ2v) is 39.9. The highest BCUT2D eigenvalue weighted by Crippen LogP contribution is 2.26. The van der Waals surface area contributed by atoms with Crippen molar-refractivity contribution in [1.82, 2.24) is 69.1 Å². The largest absolute Gasteiger partial charge is 0.464 e. The van der Waals surface area contributed by atoms with Crippen molar-refractivity contribution < 1.29 is 102 Å². The lowest BCUT2D eigenvalue weighted by Gasteiger charge is -2.33. The summed E-state index contributed by atoms with van der Waals surface area (Å²) in [7, 11) is -1.92. The minimum Gasteiger partial charge on any atom is -0.464 e. The Kier molecular flexibility index (Phi) is 42.1. The molecule has 37 nitrogen and oxygen atoms in total. The number of amides is 13. The van der Waals surface area contributed by atoms with Crippen molar-refractivity contribution in [3.05, 3.63) is 71.8 Å². The molecule has 13 amide bonds. The first-order valence-corrected chi connectivity index (χ1v) is 42.6. The van der Waals surface area contributed by atoms with Gasteiger partial charge >= 0.3 is 18.2 Å². The van der Waals surface area contributed by atoms with Gasteiger partial charge in [-0.1, -0.05) is 170 Å². The first-order chi connectivity index (χ1) is 53.7. The number of nitrogens with two attached hydrogens (primary N) is 2. The Balaban J connectivity index is 2.55. The second kappa shape index (κ2) is 47.8. The summed E-state index contributed by atoms with van der Waals surface area (Å²) in [5.74, 6) is -15.7. The van der Waals surface area contributed by atoms with Gasteiger partial charge in [-0.25, -0.2) is 14.4 Å². The van der Waals surface area contributed by atoms with Crippen molar-refractivity contribution in [3.63, 3.8) is 0 Å². The molecule has 15 atom stereocenters. The third kappa shape index (κ3) is 38.6. The Hall–Kier alpha value is -10.1. The molecule has 1 unspecified atom stereocenters. The second-order valence-electron chi connectivity index (χ2n) is 34.3. The van der Waals surface area contributed by atoms with E-state index in [2.05, 4.69) is 63.8 Å². The molecular formula is C78H130N16O21Si. The van der Waals surface area contributed by atoms with E-state index in [0.717, 1.165) is 6.92 Å². The molecule has 0 aliphatic heterocycles. The molecule has 116 heavy (non-hydrogen) atoms. The van der Waals surface area contributed by atoms with E-state index >= 15 is 0 Å². The molecule has 0 bridgehead atoms. The number of alkyl carbamates (subject to hydrolysis) is 2. The zero-order valence-corrected chi connectivity index (χ0v) is 71.5. The molecule has 0 aliphatic carbocycles. The zero-order valence-electron chi connectivity index (χ0n) is 70.5. The third-order valence-corrected chi connectivity index (χ3v) is 19.5. The molecule has 0 aliphatic rings. The van der Waals surface area contributed by atoms with Gasteiger partial charge in [-0.05, 0) is 106 Å². The molecule has 38 heteroatoms. The number of primary amides is 1. The first-order valence-electron chi connectivity index (χ1n) is 38.9. The van der Waals surface area contributed by atoms with Gasteiger partial charge in [0.05, 0.1) is 38.0 Å². The summed E-state index contributed by atoms with van der Waals surface area (Å²) in [6.07, 6.45) is -7.65. The molecule has 2 aromatic carbocycles. The maximum atomic E-state index is 15.0. The maximum absolute atomic E-state index is 15.0. The molecular weight excluding hydrogens is 1530 g/mol. The Morgan fingerprint density at radius 1 is 0.517 bits per heavy atom. The normalized spacial score (nSPS) is 15.7. The van der Waals surface area contributed by atoms with Crippen molar-refractivity contribution >= 4 is 97.2 Å². The Morgan fingerprint density at radius 2 is 1.00 bits per heavy atom. The highest BCUT2D eigenvalue weighted by Gasteiger charge is 2.43. The highest BCUT2D eigenvalue weighted by atomic mass is 28.3. The summed E-state index contributed by atoms with van der Waals surface area (Å²) in [5.41, 5.74) is 9.48. The monoisotopic (exact) mass is 1650 g/mol. The standard InChI is InChI=1S/C78H130N16O21Si/c1-20-44(6)54(90-63(101)48(32-27-33-82-73(80)81)84-64(102)49(36-42(2)3)85-70(108)58(60(98)43(4)5)94-75(112)115-78(14,15)16)69(107)91-55(45(7)96)68(106)83-39-53(97)89-59(61(99)62(79)100)71(109)87-52(40-95)67(105)92-56(47-30-25-22-26-31-47)57(72(110)113-34-35-116(17,18)19)93-66(104)50(37-76(8,9)10)86-65(103)51(38-77(11,12)13)88-74(111)114-41-46-28-23-21-24-29-46/h21-26,28-31,42-45,48-52,54-61,95-96,98-99H,20,27,32-41H2,1-19H3,(H2,79,100)(H,83,106)(H,84,102)(H,85,108)(H,86,103)(H,87,109)(H,88,111)(H,89,97)(H,90,101)(H,91,107)(H,92,105)(H,93,104)(H,94,112)(H4,80,81,82)/t44-,45-,48+,49-,50-,51+,52-,54?,55-,56+,57-,58-,59-,60+,61-/m0/s1. The molecule has 0 aromatic heterocycles.